The molecule has 2 unspecified atom stereocenters. The maximum Gasteiger partial charge on any atom is 0.181 e. The normalized spacial score (nSPS) is 21.8. The fourth-order valence-electron chi connectivity index (χ4n) is 2.77. The summed E-state index contributed by atoms with van der Waals surface area (Å²) in [7, 11) is 1.96. The van der Waals surface area contributed by atoms with Gasteiger partial charge in [0.2, 0.25) is 0 Å². The van der Waals surface area contributed by atoms with Crippen LogP contribution < -0.4 is 5.32 Å². The van der Waals surface area contributed by atoms with Crippen LogP contribution in [0.2, 0.25) is 0 Å². The van der Waals surface area contributed by atoms with Crippen molar-refractivity contribution in [3.05, 3.63) is 36.2 Å². The van der Waals surface area contributed by atoms with E-state index >= 15 is 0 Å². The summed E-state index contributed by atoms with van der Waals surface area (Å²) in [6.45, 7) is 4.64. The number of aryl methyl sites for hydroxylation is 1. The summed E-state index contributed by atoms with van der Waals surface area (Å²) in [6.07, 6.45) is 1.12. The van der Waals surface area contributed by atoms with Crippen molar-refractivity contribution >= 4 is 0 Å². The van der Waals surface area contributed by atoms with E-state index in [1.165, 1.54) is 0 Å². The Morgan fingerprint density at radius 1 is 1.29 bits per heavy atom. The summed E-state index contributed by atoms with van der Waals surface area (Å²) in [6, 6.07) is 10.4. The van der Waals surface area contributed by atoms with Crippen molar-refractivity contribution in [2.24, 2.45) is 7.05 Å². The average molecular weight is 286 g/mol. The first kappa shape index (κ1) is 14.2. The first-order valence-corrected chi connectivity index (χ1v) is 7.57. The Bertz CT molecular complexity index is 581. The van der Waals surface area contributed by atoms with Gasteiger partial charge in [-0.2, -0.15) is 5.10 Å². The highest BCUT2D eigenvalue weighted by Gasteiger charge is 2.32. The highest BCUT2D eigenvalue weighted by Crippen LogP contribution is 2.26. The number of benzene rings is 1. The number of hydrogen-bond acceptors (Lipinski definition) is 4. The van der Waals surface area contributed by atoms with Crippen molar-refractivity contribution in [2.45, 2.75) is 25.3 Å². The van der Waals surface area contributed by atoms with Crippen LogP contribution in [0.15, 0.2) is 30.3 Å². The van der Waals surface area contributed by atoms with Crippen LogP contribution in [0.3, 0.4) is 0 Å². The van der Waals surface area contributed by atoms with E-state index in [2.05, 4.69) is 17.3 Å². The molecule has 1 aromatic heterocycles. The molecule has 0 saturated carbocycles. The van der Waals surface area contributed by atoms with Gasteiger partial charge in [0.25, 0.3) is 0 Å². The highest BCUT2D eigenvalue weighted by atomic mass is 16.5. The lowest BCUT2D eigenvalue weighted by Crippen LogP contribution is -2.35. The van der Waals surface area contributed by atoms with Gasteiger partial charge in [0.1, 0.15) is 5.82 Å². The van der Waals surface area contributed by atoms with E-state index in [4.69, 9.17) is 9.72 Å². The summed E-state index contributed by atoms with van der Waals surface area (Å²) >= 11 is 0. The third-order valence-electron chi connectivity index (χ3n) is 3.90. The van der Waals surface area contributed by atoms with Crippen LogP contribution in [0.25, 0.3) is 11.4 Å². The Morgan fingerprint density at radius 2 is 2.10 bits per heavy atom. The quantitative estimate of drug-likeness (QED) is 0.913. The monoisotopic (exact) mass is 286 g/mol. The minimum absolute atomic E-state index is 0.270. The van der Waals surface area contributed by atoms with E-state index in [0.29, 0.717) is 12.6 Å². The van der Waals surface area contributed by atoms with Gasteiger partial charge in [-0.15, -0.1) is 0 Å². The molecular formula is C16H22N4O. The van der Waals surface area contributed by atoms with Crippen molar-refractivity contribution in [1.29, 1.82) is 0 Å². The SMILES string of the molecule is CCCNC1COCC1c1nc(-c2ccccc2)nn1C. The van der Waals surface area contributed by atoms with E-state index < -0.39 is 0 Å². The molecule has 2 aromatic rings. The molecular weight excluding hydrogens is 264 g/mol. The molecule has 0 radical (unpaired) electrons. The summed E-state index contributed by atoms with van der Waals surface area (Å²) in [4.78, 5) is 4.75. The van der Waals surface area contributed by atoms with Crippen LogP contribution in [0, 0.1) is 0 Å². The minimum atomic E-state index is 0.270. The van der Waals surface area contributed by atoms with Gasteiger partial charge in [-0.1, -0.05) is 37.3 Å². The number of nitrogens with zero attached hydrogens (tertiary/aromatic N) is 3. The summed E-state index contributed by atoms with van der Waals surface area (Å²) in [5, 5.41) is 8.11. The van der Waals surface area contributed by atoms with Gasteiger partial charge in [0.15, 0.2) is 5.82 Å². The summed E-state index contributed by atoms with van der Waals surface area (Å²) < 4.78 is 7.54. The van der Waals surface area contributed by atoms with Gasteiger partial charge >= 0.3 is 0 Å². The number of hydrogen-bond donors (Lipinski definition) is 1. The number of ether oxygens (including phenoxy) is 1. The molecule has 3 rings (SSSR count). The van der Waals surface area contributed by atoms with Crippen molar-refractivity contribution < 1.29 is 4.74 Å². The zero-order chi connectivity index (χ0) is 14.7. The Kier molecular flexibility index (Phi) is 4.31. The van der Waals surface area contributed by atoms with Gasteiger partial charge in [-0.05, 0) is 13.0 Å². The van der Waals surface area contributed by atoms with E-state index in [1.807, 2.05) is 42.1 Å². The van der Waals surface area contributed by atoms with E-state index in [0.717, 1.165) is 36.8 Å². The maximum absolute atomic E-state index is 5.65. The second-order valence-corrected chi connectivity index (χ2v) is 5.49. The minimum Gasteiger partial charge on any atom is -0.379 e. The predicted octanol–water partition coefficient (Wildman–Crippen LogP) is 1.96. The Labute approximate surface area is 125 Å². The second-order valence-electron chi connectivity index (χ2n) is 5.49. The zero-order valence-corrected chi connectivity index (χ0v) is 12.6. The molecule has 0 amide bonds. The predicted molar refractivity (Wildman–Crippen MR) is 82.1 cm³/mol. The number of rotatable bonds is 5. The smallest absolute Gasteiger partial charge is 0.181 e. The molecule has 0 bridgehead atoms. The topological polar surface area (TPSA) is 52.0 Å². The molecule has 0 spiro atoms. The van der Waals surface area contributed by atoms with Crippen LogP contribution >= 0.6 is 0 Å². The van der Waals surface area contributed by atoms with Crippen molar-refractivity contribution in [3.8, 4) is 11.4 Å². The zero-order valence-electron chi connectivity index (χ0n) is 12.6. The van der Waals surface area contributed by atoms with Gasteiger partial charge in [-0.3, -0.25) is 4.68 Å². The molecule has 1 N–H and O–H groups in total. The third kappa shape index (κ3) is 2.99. The van der Waals surface area contributed by atoms with E-state index in [1.54, 1.807) is 0 Å². The molecule has 0 aliphatic carbocycles. The molecule has 1 aliphatic heterocycles. The second kappa shape index (κ2) is 6.37. The molecule has 21 heavy (non-hydrogen) atoms. The van der Waals surface area contributed by atoms with Gasteiger partial charge in [0.05, 0.1) is 19.1 Å². The van der Waals surface area contributed by atoms with Gasteiger partial charge < -0.3 is 10.1 Å². The lowest BCUT2D eigenvalue weighted by molar-refractivity contribution is 0.187. The summed E-state index contributed by atoms with van der Waals surface area (Å²) in [5.74, 6) is 2.06. The van der Waals surface area contributed by atoms with Crippen LogP contribution in [0.1, 0.15) is 25.1 Å². The number of nitrogens with one attached hydrogen (secondary N) is 1. The van der Waals surface area contributed by atoms with Crippen LogP contribution in [0.4, 0.5) is 0 Å². The van der Waals surface area contributed by atoms with Gasteiger partial charge in [0, 0.05) is 18.7 Å². The molecule has 112 valence electrons. The van der Waals surface area contributed by atoms with E-state index in [-0.39, 0.29) is 5.92 Å². The Hall–Kier alpha value is -1.72. The molecule has 2 atom stereocenters. The molecule has 1 saturated heterocycles. The summed E-state index contributed by atoms with van der Waals surface area (Å²) in [5.41, 5.74) is 1.05. The Morgan fingerprint density at radius 3 is 2.86 bits per heavy atom. The molecule has 5 heteroatoms. The third-order valence-corrected chi connectivity index (χ3v) is 3.90. The Balaban J connectivity index is 1.84. The molecule has 1 aromatic carbocycles. The number of aromatic nitrogens is 3. The van der Waals surface area contributed by atoms with E-state index in [9.17, 15) is 0 Å². The first-order chi connectivity index (χ1) is 10.3. The fourth-order valence-corrected chi connectivity index (χ4v) is 2.77. The highest BCUT2D eigenvalue weighted by molar-refractivity contribution is 5.54. The van der Waals surface area contributed by atoms with Crippen LogP contribution in [-0.2, 0) is 11.8 Å². The van der Waals surface area contributed by atoms with Crippen molar-refractivity contribution in [3.63, 3.8) is 0 Å². The van der Waals surface area contributed by atoms with Crippen molar-refractivity contribution in [2.75, 3.05) is 19.8 Å². The molecule has 1 aliphatic rings. The molecule has 2 heterocycles. The van der Waals surface area contributed by atoms with Gasteiger partial charge in [-0.25, -0.2) is 4.98 Å². The average Bonchev–Trinajstić information content (AvgIpc) is 3.12. The lowest BCUT2D eigenvalue weighted by atomic mass is 10.0. The fraction of sp³-hybridized carbons (Fsp3) is 0.500. The molecule has 5 nitrogen and oxygen atoms in total. The van der Waals surface area contributed by atoms with Crippen molar-refractivity contribution in [1.82, 2.24) is 20.1 Å². The lowest BCUT2D eigenvalue weighted by Gasteiger charge is -2.17. The van der Waals surface area contributed by atoms with Crippen LogP contribution in [0.5, 0.6) is 0 Å². The van der Waals surface area contributed by atoms with Crippen LogP contribution in [-0.4, -0.2) is 40.6 Å². The first-order valence-electron chi connectivity index (χ1n) is 7.57. The largest absolute Gasteiger partial charge is 0.379 e. The standard InChI is InChI=1S/C16H22N4O/c1-3-9-17-14-11-21-10-13(14)16-18-15(19-20(16)2)12-7-5-4-6-8-12/h4-8,13-14,17H,3,9-11H2,1-2H3. The maximum atomic E-state index is 5.65. The molecule has 1 fully saturated rings.